The number of rotatable bonds is 12. The monoisotopic (exact) mass is 635 g/mol. The fourth-order valence-electron chi connectivity index (χ4n) is 5.11. The molecule has 0 saturated carbocycles. The smallest absolute Gasteiger partial charge is 0.408 e. The first-order valence-electron chi connectivity index (χ1n) is 15.4. The summed E-state index contributed by atoms with van der Waals surface area (Å²) < 4.78 is 5.54. The number of ether oxygens (including phenoxy) is 1. The number of nitrogens with zero attached hydrogens (tertiary/aromatic N) is 1. The third kappa shape index (κ3) is 10.2. The van der Waals surface area contributed by atoms with Crippen LogP contribution in [0.3, 0.4) is 0 Å². The maximum atomic E-state index is 14.8. The molecule has 3 atom stereocenters. The molecule has 3 N–H and O–H groups in total. The largest absolute Gasteiger partial charge is 0.508 e. The van der Waals surface area contributed by atoms with Gasteiger partial charge in [0.1, 0.15) is 23.4 Å². The molecule has 0 heterocycles. The lowest BCUT2D eigenvalue weighted by Gasteiger charge is -2.39. The van der Waals surface area contributed by atoms with Gasteiger partial charge < -0.3 is 25.4 Å². The maximum absolute atomic E-state index is 14.8. The van der Waals surface area contributed by atoms with Gasteiger partial charge in [0.05, 0.1) is 10.7 Å². The second-order valence-electron chi connectivity index (χ2n) is 12.8. The van der Waals surface area contributed by atoms with E-state index in [1.54, 1.807) is 51.1 Å². The minimum Gasteiger partial charge on any atom is -0.508 e. The molecule has 3 rings (SSSR count). The predicted molar refractivity (Wildman–Crippen MR) is 179 cm³/mol. The maximum Gasteiger partial charge on any atom is 0.408 e. The van der Waals surface area contributed by atoms with Gasteiger partial charge in [0.25, 0.3) is 5.91 Å². The van der Waals surface area contributed by atoms with Crippen LogP contribution in [-0.4, -0.2) is 45.6 Å². The fraction of sp³-hybridized carbons (Fsp3) is 0.417. The van der Waals surface area contributed by atoms with Gasteiger partial charge in [-0.25, -0.2) is 4.79 Å². The fourth-order valence-corrected chi connectivity index (χ4v) is 5.38. The van der Waals surface area contributed by atoms with Crippen LogP contribution in [-0.2, 0) is 20.7 Å². The number of halogens is 1. The van der Waals surface area contributed by atoms with Crippen molar-refractivity contribution in [2.75, 3.05) is 5.32 Å². The molecule has 9 heteroatoms. The Morgan fingerprint density at radius 3 is 2.16 bits per heavy atom. The number of aromatic hydroxyl groups is 1. The van der Waals surface area contributed by atoms with E-state index in [1.807, 2.05) is 50.2 Å². The Morgan fingerprint density at radius 2 is 1.56 bits per heavy atom. The van der Waals surface area contributed by atoms with E-state index in [1.165, 1.54) is 11.0 Å². The van der Waals surface area contributed by atoms with E-state index in [-0.39, 0.29) is 17.7 Å². The number of benzene rings is 3. The number of anilines is 1. The number of aryl methyl sites for hydroxylation is 1. The van der Waals surface area contributed by atoms with Gasteiger partial charge in [-0.2, -0.15) is 0 Å². The van der Waals surface area contributed by atoms with Gasteiger partial charge in [-0.3, -0.25) is 9.59 Å². The van der Waals surface area contributed by atoms with Crippen molar-refractivity contribution in [1.82, 2.24) is 10.2 Å². The molecule has 3 unspecified atom stereocenters. The number of alkyl carbamates (subject to hydrolysis) is 1. The number of carbonyl (C=O) groups excluding carboxylic acids is 3. The van der Waals surface area contributed by atoms with Crippen LogP contribution >= 0.6 is 11.6 Å². The molecule has 0 bridgehead atoms. The summed E-state index contributed by atoms with van der Waals surface area (Å²) in [5, 5.41) is 17.1. The summed E-state index contributed by atoms with van der Waals surface area (Å²) in [6, 6.07) is 18.3. The topological polar surface area (TPSA) is 108 Å². The molecular formula is C36H46ClN3O5. The van der Waals surface area contributed by atoms with Crippen molar-refractivity contribution in [1.29, 1.82) is 0 Å². The highest BCUT2D eigenvalue weighted by Gasteiger charge is 2.40. The van der Waals surface area contributed by atoms with Gasteiger partial charge in [-0.1, -0.05) is 86.1 Å². The van der Waals surface area contributed by atoms with Gasteiger partial charge >= 0.3 is 6.09 Å². The second-order valence-corrected chi connectivity index (χ2v) is 13.2. The Balaban J connectivity index is 2.17. The van der Waals surface area contributed by atoms with Crippen molar-refractivity contribution in [3.8, 4) is 5.75 Å². The molecule has 0 aromatic heterocycles. The second kappa shape index (κ2) is 15.8. The van der Waals surface area contributed by atoms with Crippen molar-refractivity contribution in [3.05, 3.63) is 94.5 Å². The summed E-state index contributed by atoms with van der Waals surface area (Å²) in [6.07, 6.45) is 0.773. The molecule has 0 spiro atoms. The lowest BCUT2D eigenvalue weighted by Crippen LogP contribution is -2.55. The van der Waals surface area contributed by atoms with E-state index in [0.717, 1.165) is 17.5 Å². The number of phenols is 1. The average Bonchev–Trinajstić information content (AvgIpc) is 2.96. The average molecular weight is 636 g/mol. The van der Waals surface area contributed by atoms with E-state index in [2.05, 4.69) is 24.5 Å². The number of phenolic OH excluding ortho intramolecular Hbond substituents is 1. The van der Waals surface area contributed by atoms with Crippen LogP contribution < -0.4 is 10.6 Å². The zero-order chi connectivity index (χ0) is 33.3. The summed E-state index contributed by atoms with van der Waals surface area (Å²) in [5.41, 5.74) is 1.43. The highest BCUT2D eigenvalue weighted by Crippen LogP contribution is 2.35. The number of amides is 3. The van der Waals surface area contributed by atoms with Crippen LogP contribution in [0.4, 0.5) is 10.5 Å². The summed E-state index contributed by atoms with van der Waals surface area (Å²) in [6.45, 7) is 13.1. The Hall–Kier alpha value is -4.04. The van der Waals surface area contributed by atoms with Crippen LogP contribution in [0.25, 0.3) is 0 Å². The molecule has 0 fully saturated rings. The Bertz CT molecular complexity index is 1430. The van der Waals surface area contributed by atoms with Gasteiger partial charge in [0, 0.05) is 18.0 Å². The predicted octanol–water partition coefficient (Wildman–Crippen LogP) is 7.82. The lowest BCUT2D eigenvalue weighted by molar-refractivity contribution is -0.143. The minimum atomic E-state index is -1.25. The van der Waals surface area contributed by atoms with Crippen LogP contribution in [0, 0.1) is 12.8 Å². The normalized spacial score (nSPS) is 13.4. The lowest BCUT2D eigenvalue weighted by atomic mass is 9.95. The molecule has 45 heavy (non-hydrogen) atoms. The zero-order valence-electron chi connectivity index (χ0n) is 27.3. The zero-order valence-corrected chi connectivity index (χ0v) is 28.0. The molecule has 3 amide bonds. The molecule has 0 aliphatic heterocycles. The highest BCUT2D eigenvalue weighted by molar-refractivity contribution is 6.34. The first-order chi connectivity index (χ1) is 21.2. The van der Waals surface area contributed by atoms with Crippen molar-refractivity contribution < 1.29 is 24.2 Å². The quantitative estimate of drug-likeness (QED) is 0.188. The molecule has 3 aromatic carbocycles. The minimum absolute atomic E-state index is 0.137. The summed E-state index contributed by atoms with van der Waals surface area (Å²) in [5.74, 6) is -0.830. The van der Waals surface area contributed by atoms with E-state index < -0.39 is 41.6 Å². The van der Waals surface area contributed by atoms with Crippen LogP contribution in [0.5, 0.6) is 5.75 Å². The third-order valence-corrected chi connectivity index (χ3v) is 7.71. The van der Waals surface area contributed by atoms with Crippen molar-refractivity contribution >= 4 is 35.2 Å². The summed E-state index contributed by atoms with van der Waals surface area (Å²) in [4.78, 5) is 43.7. The van der Waals surface area contributed by atoms with Crippen molar-refractivity contribution in [2.45, 2.75) is 91.5 Å². The number of nitrogens with one attached hydrogen (secondary N) is 2. The van der Waals surface area contributed by atoms with Crippen molar-refractivity contribution in [3.63, 3.8) is 0 Å². The van der Waals surface area contributed by atoms with Crippen LogP contribution in [0.15, 0.2) is 72.8 Å². The number of hydrogen-bond donors (Lipinski definition) is 3. The Morgan fingerprint density at radius 1 is 0.911 bits per heavy atom. The van der Waals surface area contributed by atoms with Crippen LogP contribution in [0.2, 0.25) is 5.02 Å². The number of para-hydroxylation sites is 2. The van der Waals surface area contributed by atoms with E-state index in [4.69, 9.17) is 16.3 Å². The van der Waals surface area contributed by atoms with Gasteiger partial charge in [-0.15, -0.1) is 0 Å². The summed E-state index contributed by atoms with van der Waals surface area (Å²) in [7, 11) is 0. The highest BCUT2D eigenvalue weighted by atomic mass is 35.5. The molecule has 0 radical (unpaired) electrons. The van der Waals surface area contributed by atoms with E-state index in [0.29, 0.717) is 23.0 Å². The van der Waals surface area contributed by atoms with E-state index in [9.17, 15) is 19.5 Å². The standard InChI is InChI=1S/C36H46ClN3O5/c1-23(2)20-21-25(4)40(34(43)29(22-26-15-9-8-10-16-26)38-35(44)45-36(5,6)7)32(27-17-11-12-19-30(27)41)33(42)39-31-24(3)14-13-18-28(31)37/h8-19,23,25,29,32,41H,20-22H2,1-7H3,(H,38,44)(H,39,42). The third-order valence-electron chi connectivity index (χ3n) is 7.39. The summed E-state index contributed by atoms with van der Waals surface area (Å²) >= 11 is 6.49. The molecule has 0 aliphatic carbocycles. The molecule has 0 aliphatic rings. The molecule has 3 aromatic rings. The Kier molecular flexibility index (Phi) is 12.4. The first kappa shape index (κ1) is 35.4. The van der Waals surface area contributed by atoms with E-state index >= 15 is 0 Å². The van der Waals surface area contributed by atoms with Gasteiger partial charge in [0.15, 0.2) is 0 Å². The van der Waals surface area contributed by atoms with Gasteiger partial charge in [-0.05, 0) is 76.6 Å². The SMILES string of the molecule is Cc1cccc(Cl)c1NC(=O)C(c1ccccc1O)N(C(=O)C(Cc1ccccc1)NC(=O)OC(C)(C)C)C(C)CCC(C)C. The number of hydrogen-bond acceptors (Lipinski definition) is 5. The van der Waals surface area contributed by atoms with Crippen molar-refractivity contribution in [2.24, 2.45) is 5.92 Å². The van der Waals surface area contributed by atoms with Crippen LogP contribution in [0.1, 0.15) is 77.1 Å². The molecular weight excluding hydrogens is 590 g/mol. The molecule has 8 nitrogen and oxygen atoms in total. The van der Waals surface area contributed by atoms with Gasteiger partial charge in [0.2, 0.25) is 5.91 Å². The molecule has 242 valence electrons. The first-order valence-corrected chi connectivity index (χ1v) is 15.7. The number of carbonyl (C=O) groups is 3. The molecule has 0 saturated heterocycles. The Labute approximate surface area is 272 Å².